The molecule has 0 radical (unpaired) electrons. The van der Waals surface area contributed by atoms with Crippen molar-refractivity contribution in [2.24, 2.45) is 4.99 Å². The van der Waals surface area contributed by atoms with Crippen molar-refractivity contribution in [3.63, 3.8) is 0 Å². The van der Waals surface area contributed by atoms with Gasteiger partial charge in [-0.05, 0) is 60.7 Å². The highest BCUT2D eigenvalue weighted by molar-refractivity contribution is 9.09. The molecular weight excluding hydrogens is 472 g/mol. The lowest BCUT2D eigenvalue weighted by Crippen LogP contribution is -2.29. The van der Waals surface area contributed by atoms with E-state index in [0.29, 0.717) is 33.6 Å². The number of alkyl halides is 1. The number of halogens is 2. The Morgan fingerprint density at radius 1 is 1.34 bits per heavy atom. The lowest BCUT2D eigenvalue weighted by Gasteiger charge is -2.25. The van der Waals surface area contributed by atoms with E-state index < -0.39 is 0 Å². The summed E-state index contributed by atoms with van der Waals surface area (Å²) in [4.78, 5) is 17.3. The smallest absolute Gasteiger partial charge is 0.270 e. The minimum absolute atomic E-state index is 0.275. The number of rotatable bonds is 8. The fourth-order valence-electron chi connectivity index (χ4n) is 3.15. The maximum absolute atomic E-state index is 12.7. The number of nitrogens with one attached hydrogen (secondary N) is 1. The third-order valence-corrected chi connectivity index (χ3v) is 6.18. The Bertz CT molecular complexity index is 916. The van der Waals surface area contributed by atoms with Gasteiger partial charge in [0.25, 0.3) is 5.91 Å². The number of carbonyl (C=O) groups is 1. The molecular formula is C21H24BrClN4OS. The van der Waals surface area contributed by atoms with E-state index in [9.17, 15) is 4.79 Å². The third-order valence-electron chi connectivity index (χ3n) is 4.76. The molecule has 1 fully saturated rings. The Balaban J connectivity index is 2.12. The molecule has 1 saturated carbocycles. The van der Waals surface area contributed by atoms with Gasteiger partial charge in [-0.2, -0.15) is 0 Å². The summed E-state index contributed by atoms with van der Waals surface area (Å²) < 4.78 is 2.23. The number of anilines is 2. The van der Waals surface area contributed by atoms with Crippen LogP contribution in [0.2, 0.25) is 5.02 Å². The summed E-state index contributed by atoms with van der Waals surface area (Å²) in [6.45, 7) is 0.862. The molecule has 0 bridgehead atoms. The van der Waals surface area contributed by atoms with Crippen LogP contribution in [0.4, 0.5) is 17.1 Å². The number of nitrogens with two attached hydrogens (primary N) is 1. The standard InChI is InChI=1S/C21H24BrClN4OS/c1-25-21(28)20(26-15-7-5-14(23)6-8-15)17-11-16(13-3-4-13)19(12-18(17)24)27(29-2)10-9-22/h5-8,11-13H,3-4,9-10,24H2,1-2H3,(H,25,28). The Morgan fingerprint density at radius 2 is 2.03 bits per heavy atom. The Kier molecular flexibility index (Phi) is 7.49. The van der Waals surface area contributed by atoms with Crippen molar-refractivity contribution in [1.29, 1.82) is 0 Å². The summed E-state index contributed by atoms with van der Waals surface area (Å²) in [7, 11) is 1.59. The van der Waals surface area contributed by atoms with Gasteiger partial charge in [-0.1, -0.05) is 39.5 Å². The lowest BCUT2D eigenvalue weighted by atomic mass is 9.98. The van der Waals surface area contributed by atoms with Crippen molar-refractivity contribution in [2.45, 2.75) is 18.8 Å². The van der Waals surface area contributed by atoms with E-state index >= 15 is 0 Å². The summed E-state index contributed by atoms with van der Waals surface area (Å²) in [5.74, 6) is 0.221. The van der Waals surface area contributed by atoms with Crippen molar-refractivity contribution < 1.29 is 4.79 Å². The zero-order valence-corrected chi connectivity index (χ0v) is 19.6. The zero-order valence-electron chi connectivity index (χ0n) is 16.4. The van der Waals surface area contributed by atoms with Gasteiger partial charge in [0.15, 0.2) is 0 Å². The topological polar surface area (TPSA) is 70.7 Å². The van der Waals surface area contributed by atoms with Crippen LogP contribution >= 0.6 is 39.5 Å². The molecule has 0 aliphatic heterocycles. The summed E-state index contributed by atoms with van der Waals surface area (Å²) in [5, 5.41) is 4.17. The van der Waals surface area contributed by atoms with Crippen molar-refractivity contribution in [3.05, 3.63) is 52.5 Å². The number of aliphatic imine (C=N–C) groups is 1. The molecule has 8 heteroatoms. The number of nitrogen functional groups attached to an aromatic ring is 1. The van der Waals surface area contributed by atoms with E-state index in [1.165, 1.54) is 5.56 Å². The largest absolute Gasteiger partial charge is 0.398 e. The molecule has 0 spiro atoms. The zero-order chi connectivity index (χ0) is 21.0. The normalized spacial score (nSPS) is 14.0. The van der Waals surface area contributed by atoms with Crippen LogP contribution in [-0.2, 0) is 4.79 Å². The number of benzene rings is 2. The van der Waals surface area contributed by atoms with Crippen LogP contribution in [0.15, 0.2) is 41.4 Å². The van der Waals surface area contributed by atoms with Crippen molar-refractivity contribution in [2.75, 3.05) is 35.2 Å². The highest BCUT2D eigenvalue weighted by Gasteiger charge is 2.30. The minimum atomic E-state index is -0.275. The quantitative estimate of drug-likeness (QED) is 0.230. The Labute approximate surface area is 189 Å². The Morgan fingerprint density at radius 3 is 2.59 bits per heavy atom. The highest BCUT2D eigenvalue weighted by Crippen LogP contribution is 2.46. The van der Waals surface area contributed by atoms with Crippen LogP contribution in [0.25, 0.3) is 0 Å². The fraction of sp³-hybridized carbons (Fsp3) is 0.333. The van der Waals surface area contributed by atoms with Gasteiger partial charge in [0.1, 0.15) is 5.71 Å². The van der Waals surface area contributed by atoms with Crippen LogP contribution in [-0.4, -0.2) is 36.8 Å². The highest BCUT2D eigenvalue weighted by atomic mass is 79.9. The van der Waals surface area contributed by atoms with Crippen LogP contribution in [0, 0.1) is 0 Å². The molecule has 0 heterocycles. The second-order valence-corrected chi connectivity index (χ2v) is 8.80. The number of amides is 1. The number of hydrogen-bond donors (Lipinski definition) is 2. The van der Waals surface area contributed by atoms with Gasteiger partial charge < -0.3 is 15.4 Å². The van der Waals surface area contributed by atoms with E-state index in [0.717, 1.165) is 30.4 Å². The van der Waals surface area contributed by atoms with Crippen LogP contribution in [0.1, 0.15) is 29.9 Å². The first-order valence-electron chi connectivity index (χ1n) is 9.36. The average Bonchev–Trinajstić information content (AvgIpc) is 3.56. The average molecular weight is 496 g/mol. The molecule has 3 N–H and O–H groups in total. The molecule has 0 saturated heterocycles. The molecule has 0 unspecified atom stereocenters. The molecule has 2 aromatic carbocycles. The van der Waals surface area contributed by atoms with Crippen LogP contribution in [0.5, 0.6) is 0 Å². The molecule has 3 rings (SSSR count). The maximum Gasteiger partial charge on any atom is 0.270 e. The van der Waals surface area contributed by atoms with E-state index in [1.807, 2.05) is 12.1 Å². The molecule has 1 aliphatic carbocycles. The van der Waals surface area contributed by atoms with E-state index in [1.54, 1.807) is 43.3 Å². The molecule has 0 atom stereocenters. The number of likely N-dealkylation sites (N-methyl/N-ethyl adjacent to an activating group) is 1. The summed E-state index contributed by atoms with van der Waals surface area (Å²) in [6.07, 6.45) is 4.36. The molecule has 2 aromatic rings. The number of carbonyl (C=O) groups excluding carboxylic acids is 1. The van der Waals surface area contributed by atoms with Crippen molar-refractivity contribution in [3.8, 4) is 0 Å². The van der Waals surface area contributed by atoms with Gasteiger partial charge in [-0.3, -0.25) is 4.79 Å². The van der Waals surface area contributed by atoms with Gasteiger partial charge in [-0.25, -0.2) is 4.99 Å². The predicted molar refractivity (Wildman–Crippen MR) is 129 cm³/mol. The predicted octanol–water partition coefficient (Wildman–Crippen LogP) is 5.15. The van der Waals surface area contributed by atoms with Gasteiger partial charge >= 0.3 is 0 Å². The van der Waals surface area contributed by atoms with Gasteiger partial charge in [0, 0.05) is 41.5 Å². The second kappa shape index (κ2) is 9.87. The Hall–Kier alpha value is -1.70. The first-order valence-corrected chi connectivity index (χ1v) is 12.0. The van der Waals surface area contributed by atoms with E-state index in [4.69, 9.17) is 17.3 Å². The van der Waals surface area contributed by atoms with Crippen LogP contribution in [0.3, 0.4) is 0 Å². The molecule has 29 heavy (non-hydrogen) atoms. The monoisotopic (exact) mass is 494 g/mol. The van der Waals surface area contributed by atoms with E-state index in [2.05, 4.69) is 36.8 Å². The molecule has 5 nitrogen and oxygen atoms in total. The summed E-state index contributed by atoms with van der Waals surface area (Å²) >= 11 is 11.2. The van der Waals surface area contributed by atoms with Crippen molar-refractivity contribution in [1.82, 2.24) is 5.32 Å². The summed E-state index contributed by atoms with van der Waals surface area (Å²) in [6, 6.07) is 11.1. The van der Waals surface area contributed by atoms with Gasteiger partial charge in [0.2, 0.25) is 0 Å². The van der Waals surface area contributed by atoms with Gasteiger partial charge in [-0.15, -0.1) is 0 Å². The first kappa shape index (κ1) is 22.0. The molecule has 1 aliphatic rings. The summed E-state index contributed by atoms with van der Waals surface area (Å²) in [5.41, 5.74) is 10.9. The molecule has 0 aromatic heterocycles. The third kappa shape index (κ3) is 5.27. The lowest BCUT2D eigenvalue weighted by molar-refractivity contribution is -0.114. The fourth-order valence-corrected chi connectivity index (χ4v) is 4.49. The number of nitrogens with zero attached hydrogens (tertiary/aromatic N) is 2. The number of hydrogen-bond acceptors (Lipinski definition) is 5. The minimum Gasteiger partial charge on any atom is -0.398 e. The second-order valence-electron chi connectivity index (χ2n) is 6.76. The molecule has 154 valence electrons. The van der Waals surface area contributed by atoms with Crippen molar-refractivity contribution >= 4 is 68.2 Å². The first-order chi connectivity index (χ1) is 14.0. The SMILES string of the molecule is CNC(=O)C(=Nc1ccc(Cl)cc1)c1cc(C2CC2)c(N(CCBr)SC)cc1N. The van der Waals surface area contributed by atoms with E-state index in [-0.39, 0.29) is 5.91 Å². The van der Waals surface area contributed by atoms with Crippen LogP contribution < -0.4 is 15.4 Å². The maximum atomic E-state index is 12.7. The van der Waals surface area contributed by atoms with Gasteiger partial charge in [0.05, 0.1) is 11.4 Å². The molecule has 1 amide bonds.